The highest BCUT2D eigenvalue weighted by Crippen LogP contribution is 2.53. The molecule has 0 aromatic carbocycles. The Balaban J connectivity index is 2.10. The Morgan fingerprint density at radius 3 is 2.55 bits per heavy atom. The maximum absolute atomic E-state index is 12.6. The largest absolute Gasteiger partial charge is 0.472 e. The van der Waals surface area contributed by atoms with Crippen molar-refractivity contribution in [1.29, 1.82) is 21.2 Å². The summed E-state index contributed by atoms with van der Waals surface area (Å²) in [6.45, 7) is 5.72. The third-order valence-corrected chi connectivity index (χ3v) is 5.34. The number of furan rings is 1. The van der Waals surface area contributed by atoms with Crippen LogP contribution in [0.15, 0.2) is 34.7 Å². The molecule has 148 valence electrons. The van der Waals surface area contributed by atoms with Gasteiger partial charge in [-0.05, 0) is 38.0 Å². The lowest BCUT2D eigenvalue weighted by atomic mass is 9.54. The van der Waals surface area contributed by atoms with E-state index in [0.29, 0.717) is 11.1 Å². The van der Waals surface area contributed by atoms with Gasteiger partial charge in [0.05, 0.1) is 36.4 Å². The molecule has 1 aliphatic heterocycles. The van der Waals surface area contributed by atoms with Gasteiger partial charge in [-0.1, -0.05) is 6.08 Å². The smallest absolute Gasteiger partial charge is 0.410 e. The highest BCUT2D eigenvalue weighted by Gasteiger charge is 2.58. The number of ether oxygens (including phenoxy) is 1. The molecule has 1 fully saturated rings. The van der Waals surface area contributed by atoms with Crippen molar-refractivity contribution < 1.29 is 13.9 Å². The van der Waals surface area contributed by atoms with Crippen LogP contribution in [-0.4, -0.2) is 35.4 Å². The molecule has 0 bridgehead atoms. The molecule has 1 aromatic heterocycles. The fraction of sp³-hybridized carbons (Fsp3) is 0.476. The predicted molar refractivity (Wildman–Crippen MR) is 101 cm³/mol. The normalized spacial score (nSPS) is 25.7. The lowest BCUT2D eigenvalue weighted by Gasteiger charge is -2.47. The third kappa shape index (κ3) is 3.26. The van der Waals surface area contributed by atoms with Gasteiger partial charge in [0.2, 0.25) is 0 Å². The molecule has 2 unspecified atom stereocenters. The van der Waals surface area contributed by atoms with Crippen LogP contribution in [0.25, 0.3) is 0 Å². The summed E-state index contributed by atoms with van der Waals surface area (Å²) in [5.41, 5.74) is -1.49. The van der Waals surface area contributed by atoms with Gasteiger partial charge in [0, 0.05) is 24.9 Å². The van der Waals surface area contributed by atoms with Crippen LogP contribution in [0, 0.1) is 56.7 Å². The number of carbonyl (C=O) groups is 1. The SMILES string of the molecule is CC(C)(C)OC(=O)N1CC=C2C(C#N)C(=N)C(C#N)(C#N)C(c3ccoc3)[C@H]2C1. The monoisotopic (exact) mass is 391 g/mol. The van der Waals surface area contributed by atoms with Crippen molar-refractivity contribution in [3.63, 3.8) is 0 Å². The van der Waals surface area contributed by atoms with Crippen LogP contribution in [-0.2, 0) is 4.74 Å². The Hall–Kier alpha value is -3.57. The maximum Gasteiger partial charge on any atom is 0.410 e. The zero-order valence-corrected chi connectivity index (χ0v) is 16.5. The van der Waals surface area contributed by atoms with Crippen molar-refractivity contribution >= 4 is 11.8 Å². The zero-order chi connectivity index (χ0) is 21.4. The second-order valence-electron chi connectivity index (χ2n) is 8.24. The van der Waals surface area contributed by atoms with Gasteiger partial charge in [0.15, 0.2) is 5.41 Å². The van der Waals surface area contributed by atoms with Crippen molar-refractivity contribution in [2.45, 2.75) is 32.3 Å². The van der Waals surface area contributed by atoms with E-state index < -0.39 is 34.9 Å². The van der Waals surface area contributed by atoms with Crippen molar-refractivity contribution in [3.05, 3.63) is 35.8 Å². The summed E-state index contributed by atoms with van der Waals surface area (Å²) in [6.07, 6.45) is 4.12. The fourth-order valence-corrected chi connectivity index (χ4v) is 4.11. The third-order valence-electron chi connectivity index (χ3n) is 5.34. The first kappa shape index (κ1) is 20.2. The van der Waals surface area contributed by atoms with E-state index in [0.717, 1.165) is 0 Å². The molecule has 8 heteroatoms. The second kappa shape index (κ2) is 7.11. The number of nitriles is 3. The first-order chi connectivity index (χ1) is 13.7. The zero-order valence-electron chi connectivity index (χ0n) is 16.5. The van der Waals surface area contributed by atoms with Crippen LogP contribution >= 0.6 is 0 Å². The van der Waals surface area contributed by atoms with Crippen LogP contribution in [0.3, 0.4) is 0 Å². The molecule has 1 aliphatic carbocycles. The molecule has 3 rings (SSSR count). The summed E-state index contributed by atoms with van der Waals surface area (Å²) in [4.78, 5) is 14.1. The van der Waals surface area contributed by atoms with Crippen LogP contribution in [0.5, 0.6) is 0 Å². The number of fused-ring (bicyclic) bond motifs is 1. The average Bonchev–Trinajstić information content (AvgIpc) is 3.19. The number of carbonyl (C=O) groups excluding carboxylic acids is 1. The first-order valence-electron chi connectivity index (χ1n) is 9.19. The highest BCUT2D eigenvalue weighted by atomic mass is 16.6. The van der Waals surface area contributed by atoms with E-state index in [9.17, 15) is 20.6 Å². The summed E-state index contributed by atoms with van der Waals surface area (Å²) in [5, 5.41) is 38.1. The molecule has 29 heavy (non-hydrogen) atoms. The first-order valence-corrected chi connectivity index (χ1v) is 9.19. The van der Waals surface area contributed by atoms with Crippen molar-refractivity contribution in [2.24, 2.45) is 17.3 Å². The van der Waals surface area contributed by atoms with E-state index in [2.05, 4.69) is 6.07 Å². The van der Waals surface area contributed by atoms with E-state index in [1.807, 2.05) is 12.1 Å². The molecule has 2 aliphatic rings. The van der Waals surface area contributed by atoms with Gasteiger partial charge in [-0.3, -0.25) is 0 Å². The molecule has 0 spiro atoms. The summed E-state index contributed by atoms with van der Waals surface area (Å²) >= 11 is 0. The lowest BCUT2D eigenvalue weighted by Crippen LogP contribution is -2.54. The van der Waals surface area contributed by atoms with E-state index >= 15 is 0 Å². The van der Waals surface area contributed by atoms with Crippen molar-refractivity contribution in [1.82, 2.24) is 4.90 Å². The molecule has 1 amide bonds. The molecule has 8 nitrogen and oxygen atoms in total. The summed E-state index contributed by atoms with van der Waals surface area (Å²) in [6, 6.07) is 7.71. The van der Waals surface area contributed by atoms with Crippen LogP contribution < -0.4 is 0 Å². The number of hydrogen-bond donors (Lipinski definition) is 1. The van der Waals surface area contributed by atoms with Crippen LogP contribution in [0.1, 0.15) is 32.3 Å². The van der Waals surface area contributed by atoms with Gasteiger partial charge in [-0.25, -0.2) is 4.79 Å². The van der Waals surface area contributed by atoms with Crippen LogP contribution in [0.4, 0.5) is 4.79 Å². The van der Waals surface area contributed by atoms with Crippen molar-refractivity contribution in [2.75, 3.05) is 13.1 Å². The van der Waals surface area contributed by atoms with Gasteiger partial charge < -0.3 is 19.5 Å². The van der Waals surface area contributed by atoms with E-state index in [1.54, 1.807) is 32.9 Å². The Labute approximate surface area is 169 Å². The Morgan fingerprint density at radius 1 is 1.34 bits per heavy atom. The van der Waals surface area contributed by atoms with E-state index in [4.69, 9.17) is 14.6 Å². The number of nitrogens with one attached hydrogen (secondary N) is 1. The molecule has 1 saturated carbocycles. The standard InChI is InChI=1S/C21H21N5O3/c1-20(2,3)29-19(27)26-6-4-14-15(8-22)18(25)21(11-23,12-24)17(16(14)9-26)13-5-7-28-10-13/h4-5,7,10,15-17,25H,6,9H2,1-3H3/t15?,16-,17?/m0/s1. The van der Waals surface area contributed by atoms with Crippen LogP contribution in [0.2, 0.25) is 0 Å². The molecule has 3 atom stereocenters. The van der Waals surface area contributed by atoms with Crippen molar-refractivity contribution in [3.8, 4) is 18.2 Å². The molecule has 1 N–H and O–H groups in total. The minimum absolute atomic E-state index is 0.174. The number of nitrogens with zero attached hydrogens (tertiary/aromatic N) is 4. The summed E-state index contributed by atoms with van der Waals surface area (Å²) in [5.74, 6) is -2.22. The predicted octanol–water partition coefficient (Wildman–Crippen LogP) is 3.36. The van der Waals surface area contributed by atoms with E-state index in [-0.39, 0.29) is 18.8 Å². The molecule has 1 aromatic rings. The molecule has 0 saturated heterocycles. The second-order valence-corrected chi connectivity index (χ2v) is 8.24. The molecule has 2 heterocycles. The number of rotatable bonds is 1. The highest BCUT2D eigenvalue weighted by molar-refractivity contribution is 6.00. The van der Waals surface area contributed by atoms with Gasteiger partial charge in [-0.2, -0.15) is 15.8 Å². The Morgan fingerprint density at radius 2 is 2.03 bits per heavy atom. The minimum atomic E-state index is -1.83. The van der Waals surface area contributed by atoms with Gasteiger partial charge >= 0.3 is 6.09 Å². The van der Waals surface area contributed by atoms with E-state index in [1.165, 1.54) is 17.4 Å². The average molecular weight is 391 g/mol. The molecule has 0 radical (unpaired) electrons. The topological polar surface area (TPSA) is 138 Å². The summed E-state index contributed by atoms with van der Waals surface area (Å²) in [7, 11) is 0. The Bertz CT molecular complexity index is 967. The van der Waals surface area contributed by atoms with Gasteiger partial charge in [-0.15, -0.1) is 0 Å². The summed E-state index contributed by atoms with van der Waals surface area (Å²) < 4.78 is 10.6. The van der Waals surface area contributed by atoms with Gasteiger partial charge in [0.1, 0.15) is 11.5 Å². The lowest BCUT2D eigenvalue weighted by molar-refractivity contribution is 0.0222. The number of hydrogen-bond acceptors (Lipinski definition) is 7. The van der Waals surface area contributed by atoms with Gasteiger partial charge in [0.25, 0.3) is 0 Å². The quantitative estimate of drug-likeness (QED) is 0.728. The number of amides is 1. The fourth-order valence-electron chi connectivity index (χ4n) is 4.11. The maximum atomic E-state index is 12.6. The molecular weight excluding hydrogens is 370 g/mol. The Kier molecular flexibility index (Phi) is 4.95. The minimum Gasteiger partial charge on any atom is -0.472 e. The molecular formula is C21H21N5O3.